The molecule has 4 nitrogen and oxygen atoms in total. The van der Waals surface area contributed by atoms with Gasteiger partial charge in [-0.3, -0.25) is 0 Å². The van der Waals surface area contributed by atoms with Crippen molar-refractivity contribution >= 4 is 5.97 Å². The van der Waals surface area contributed by atoms with E-state index in [0.717, 1.165) is 6.07 Å². The van der Waals surface area contributed by atoms with E-state index in [2.05, 4.69) is 4.98 Å². The second kappa shape index (κ2) is 4.70. The van der Waals surface area contributed by atoms with E-state index in [1.807, 2.05) is 0 Å². The number of aromatic carboxylic acids is 1. The van der Waals surface area contributed by atoms with E-state index >= 15 is 0 Å². The van der Waals surface area contributed by atoms with Gasteiger partial charge in [0.05, 0.1) is 5.56 Å². The highest BCUT2D eigenvalue weighted by molar-refractivity contribution is 5.86. The zero-order valence-electron chi connectivity index (χ0n) is 11.2. The van der Waals surface area contributed by atoms with E-state index in [4.69, 9.17) is 9.52 Å². The van der Waals surface area contributed by atoms with Crippen molar-refractivity contribution in [3.05, 3.63) is 41.3 Å². The first-order valence-corrected chi connectivity index (χ1v) is 5.91. The van der Waals surface area contributed by atoms with E-state index in [9.17, 15) is 13.6 Å². The molecule has 6 heteroatoms. The van der Waals surface area contributed by atoms with Crippen molar-refractivity contribution < 1.29 is 23.1 Å². The second-order valence-corrected chi connectivity index (χ2v) is 5.35. The van der Waals surface area contributed by atoms with Gasteiger partial charge in [-0.25, -0.2) is 18.6 Å². The highest BCUT2D eigenvalue weighted by atomic mass is 19.2. The number of nitrogens with zero attached hydrogens (tertiary/aromatic N) is 1. The van der Waals surface area contributed by atoms with Crippen LogP contribution in [0.15, 0.2) is 22.6 Å². The Labute approximate surface area is 114 Å². The first kappa shape index (κ1) is 14.2. The Bertz CT molecular complexity index is 672. The van der Waals surface area contributed by atoms with Crippen LogP contribution in [-0.4, -0.2) is 16.1 Å². The van der Waals surface area contributed by atoms with Crippen LogP contribution in [0.2, 0.25) is 0 Å². The van der Waals surface area contributed by atoms with Crippen molar-refractivity contribution in [2.75, 3.05) is 0 Å². The summed E-state index contributed by atoms with van der Waals surface area (Å²) < 4.78 is 32.0. The molecular weight excluding hydrogens is 268 g/mol. The van der Waals surface area contributed by atoms with Gasteiger partial charge in [0, 0.05) is 5.41 Å². The average Bonchev–Trinajstić information content (AvgIpc) is 2.77. The lowest BCUT2D eigenvalue weighted by atomic mass is 9.91. The van der Waals surface area contributed by atoms with Crippen molar-refractivity contribution in [2.24, 2.45) is 0 Å². The summed E-state index contributed by atoms with van der Waals surface area (Å²) in [5, 5.41) is 9.11. The van der Waals surface area contributed by atoms with E-state index in [1.54, 1.807) is 20.8 Å². The number of oxazole rings is 1. The Hall–Kier alpha value is -2.24. The van der Waals surface area contributed by atoms with Crippen LogP contribution in [0.1, 0.15) is 37.0 Å². The number of hydrogen-bond acceptors (Lipinski definition) is 3. The molecule has 0 radical (unpaired) electrons. The normalized spacial score (nSPS) is 11.7. The van der Waals surface area contributed by atoms with Crippen LogP contribution < -0.4 is 0 Å². The predicted molar refractivity (Wildman–Crippen MR) is 67.5 cm³/mol. The monoisotopic (exact) mass is 281 g/mol. The molecule has 1 aromatic heterocycles. The van der Waals surface area contributed by atoms with Gasteiger partial charge in [0.2, 0.25) is 11.7 Å². The Morgan fingerprint density at radius 2 is 1.95 bits per heavy atom. The lowest BCUT2D eigenvalue weighted by Gasteiger charge is -2.14. The van der Waals surface area contributed by atoms with Gasteiger partial charge in [0.1, 0.15) is 5.69 Å². The fourth-order valence-electron chi connectivity index (χ4n) is 1.76. The number of rotatable bonds is 2. The largest absolute Gasteiger partial charge is 0.475 e. The zero-order chi connectivity index (χ0) is 15.1. The van der Waals surface area contributed by atoms with Gasteiger partial charge in [-0.2, -0.15) is 0 Å². The van der Waals surface area contributed by atoms with E-state index in [0.29, 0.717) is 0 Å². The van der Waals surface area contributed by atoms with Crippen LogP contribution in [0, 0.1) is 11.6 Å². The first-order valence-electron chi connectivity index (χ1n) is 5.91. The summed E-state index contributed by atoms with van der Waals surface area (Å²) in [5.74, 6) is -4.08. The van der Waals surface area contributed by atoms with Crippen LogP contribution >= 0.6 is 0 Å². The Kier molecular flexibility index (Phi) is 3.33. The third-order valence-electron chi connectivity index (χ3n) is 2.71. The minimum absolute atomic E-state index is 0.184. The summed E-state index contributed by atoms with van der Waals surface area (Å²) in [6.07, 6.45) is 0. The summed E-state index contributed by atoms with van der Waals surface area (Å²) in [7, 11) is 0. The third kappa shape index (κ3) is 2.41. The summed E-state index contributed by atoms with van der Waals surface area (Å²) >= 11 is 0. The Morgan fingerprint density at radius 3 is 2.45 bits per heavy atom. The number of carbonyl (C=O) groups is 1. The predicted octanol–water partition coefficient (Wildman–Crippen LogP) is 3.62. The van der Waals surface area contributed by atoms with Crippen LogP contribution in [0.3, 0.4) is 0 Å². The van der Waals surface area contributed by atoms with Crippen molar-refractivity contribution in [3.8, 4) is 11.5 Å². The number of hydrogen-bond donors (Lipinski definition) is 1. The van der Waals surface area contributed by atoms with Crippen molar-refractivity contribution in [2.45, 2.75) is 26.2 Å². The molecule has 2 rings (SSSR count). The summed E-state index contributed by atoms with van der Waals surface area (Å²) in [4.78, 5) is 15.2. The van der Waals surface area contributed by atoms with Crippen molar-refractivity contribution in [1.82, 2.24) is 4.98 Å². The van der Waals surface area contributed by atoms with Crippen LogP contribution in [0.5, 0.6) is 0 Å². The maximum atomic E-state index is 13.7. The van der Waals surface area contributed by atoms with Gasteiger partial charge in [0.15, 0.2) is 11.6 Å². The van der Waals surface area contributed by atoms with E-state index in [1.165, 1.54) is 12.1 Å². The molecule has 0 aliphatic carbocycles. The molecule has 0 unspecified atom stereocenters. The standard InChI is InChI=1S/C14H13F2NO3/c1-14(2,3)11-10(13(18)19)20-12(17-11)7-5-4-6-8(15)9(7)16/h4-6H,1-3H3,(H,18,19). The molecule has 2 aromatic rings. The van der Waals surface area contributed by atoms with Gasteiger partial charge < -0.3 is 9.52 Å². The minimum Gasteiger partial charge on any atom is -0.475 e. The Balaban J connectivity index is 2.65. The fourth-order valence-corrected chi connectivity index (χ4v) is 1.76. The van der Waals surface area contributed by atoms with Crippen LogP contribution in [-0.2, 0) is 5.41 Å². The molecule has 1 heterocycles. The molecule has 0 spiro atoms. The number of benzene rings is 1. The molecular formula is C14H13F2NO3. The molecule has 1 aromatic carbocycles. The molecule has 0 aliphatic rings. The van der Waals surface area contributed by atoms with Crippen LogP contribution in [0.4, 0.5) is 8.78 Å². The highest BCUT2D eigenvalue weighted by Gasteiger charge is 2.30. The summed E-state index contributed by atoms with van der Waals surface area (Å²) in [6.45, 7) is 5.26. The highest BCUT2D eigenvalue weighted by Crippen LogP contribution is 2.31. The molecule has 0 saturated heterocycles. The van der Waals surface area contributed by atoms with Gasteiger partial charge in [0.25, 0.3) is 0 Å². The molecule has 0 saturated carbocycles. The fraction of sp³-hybridized carbons (Fsp3) is 0.286. The molecule has 0 amide bonds. The summed E-state index contributed by atoms with van der Waals surface area (Å²) in [5.41, 5.74) is -0.620. The second-order valence-electron chi connectivity index (χ2n) is 5.35. The molecule has 0 bridgehead atoms. The number of halogens is 2. The van der Waals surface area contributed by atoms with Gasteiger partial charge >= 0.3 is 5.97 Å². The van der Waals surface area contributed by atoms with Gasteiger partial charge in [-0.05, 0) is 12.1 Å². The maximum absolute atomic E-state index is 13.7. The van der Waals surface area contributed by atoms with Gasteiger partial charge in [-0.1, -0.05) is 26.8 Å². The van der Waals surface area contributed by atoms with Crippen LogP contribution in [0.25, 0.3) is 11.5 Å². The average molecular weight is 281 g/mol. The lowest BCUT2D eigenvalue weighted by molar-refractivity contribution is 0.0659. The first-order chi connectivity index (χ1) is 9.21. The SMILES string of the molecule is CC(C)(C)c1nc(-c2cccc(F)c2F)oc1C(=O)O. The Morgan fingerprint density at radius 1 is 1.30 bits per heavy atom. The van der Waals surface area contributed by atoms with Gasteiger partial charge in [-0.15, -0.1) is 0 Å². The summed E-state index contributed by atoms with van der Waals surface area (Å²) in [6, 6.07) is 3.54. The van der Waals surface area contributed by atoms with Crippen molar-refractivity contribution in [3.63, 3.8) is 0 Å². The molecule has 106 valence electrons. The number of carboxylic acid groups (broad SMARTS) is 1. The quantitative estimate of drug-likeness (QED) is 0.913. The van der Waals surface area contributed by atoms with Crippen molar-refractivity contribution in [1.29, 1.82) is 0 Å². The topological polar surface area (TPSA) is 63.3 Å². The molecule has 1 N–H and O–H groups in total. The third-order valence-corrected chi connectivity index (χ3v) is 2.71. The lowest BCUT2D eigenvalue weighted by Crippen LogP contribution is -2.16. The zero-order valence-corrected chi connectivity index (χ0v) is 11.2. The smallest absolute Gasteiger partial charge is 0.373 e. The molecule has 20 heavy (non-hydrogen) atoms. The molecule has 0 fully saturated rings. The maximum Gasteiger partial charge on any atom is 0.373 e. The molecule has 0 atom stereocenters. The van der Waals surface area contributed by atoms with E-state index < -0.39 is 23.0 Å². The number of aromatic nitrogens is 1. The minimum atomic E-state index is -1.30. The molecule has 0 aliphatic heterocycles. The number of carboxylic acids is 1. The van der Waals surface area contributed by atoms with E-state index in [-0.39, 0.29) is 22.9 Å².